The fourth-order valence-corrected chi connectivity index (χ4v) is 4.09. The summed E-state index contributed by atoms with van der Waals surface area (Å²) in [5.41, 5.74) is 1.39. The highest BCUT2D eigenvalue weighted by Crippen LogP contribution is 2.39. The number of benzene rings is 1. The summed E-state index contributed by atoms with van der Waals surface area (Å²) in [4.78, 5) is 14.5. The van der Waals surface area contributed by atoms with Crippen LogP contribution < -0.4 is 5.32 Å². The van der Waals surface area contributed by atoms with Gasteiger partial charge in [-0.05, 0) is 55.5 Å². The van der Waals surface area contributed by atoms with E-state index in [0.717, 1.165) is 36.0 Å². The first-order chi connectivity index (χ1) is 13.3. The van der Waals surface area contributed by atoms with Gasteiger partial charge in [-0.2, -0.15) is 18.3 Å². The third-order valence-electron chi connectivity index (χ3n) is 5.55. The zero-order valence-electron chi connectivity index (χ0n) is 15.5. The van der Waals surface area contributed by atoms with Gasteiger partial charge in [0.15, 0.2) is 5.69 Å². The lowest BCUT2D eigenvalue weighted by Crippen LogP contribution is -2.39. The van der Waals surface area contributed by atoms with Crippen LogP contribution in [0.2, 0.25) is 0 Å². The molecule has 1 amide bonds. The molecular formula is C19H21ClF4N4O. The number of halogens is 5. The first-order valence-corrected chi connectivity index (χ1v) is 9.27. The number of amides is 1. The Morgan fingerprint density at radius 1 is 1.21 bits per heavy atom. The third kappa shape index (κ3) is 4.25. The Balaban J connectivity index is 0.00000240. The summed E-state index contributed by atoms with van der Waals surface area (Å²) in [6, 6.07) is 2.61. The van der Waals surface area contributed by atoms with Gasteiger partial charge in [-0.1, -0.05) is 0 Å². The molecule has 2 aliphatic heterocycles. The van der Waals surface area contributed by atoms with Gasteiger partial charge in [0, 0.05) is 25.2 Å². The van der Waals surface area contributed by atoms with Crippen LogP contribution in [-0.4, -0.2) is 40.6 Å². The summed E-state index contributed by atoms with van der Waals surface area (Å²) in [5, 5.41) is 10.2. The van der Waals surface area contributed by atoms with Crippen molar-refractivity contribution in [1.29, 1.82) is 0 Å². The number of piperidine rings is 1. The Kier molecular flexibility index (Phi) is 6.19. The molecule has 1 saturated heterocycles. The fraction of sp³-hybridized carbons (Fsp3) is 0.474. The summed E-state index contributed by atoms with van der Waals surface area (Å²) in [5.74, 6) is -1.32. The van der Waals surface area contributed by atoms with E-state index in [1.54, 1.807) is 4.90 Å². The highest BCUT2D eigenvalue weighted by molar-refractivity contribution is 5.94. The van der Waals surface area contributed by atoms with Crippen LogP contribution in [0.25, 0.3) is 0 Å². The number of carbonyl (C=O) groups is 1. The lowest BCUT2D eigenvalue weighted by molar-refractivity contribution is -0.138. The monoisotopic (exact) mass is 432 g/mol. The van der Waals surface area contributed by atoms with Gasteiger partial charge >= 0.3 is 6.18 Å². The average molecular weight is 433 g/mol. The van der Waals surface area contributed by atoms with Crippen molar-refractivity contribution in [1.82, 2.24) is 20.4 Å². The van der Waals surface area contributed by atoms with E-state index in [2.05, 4.69) is 15.5 Å². The second-order valence-electron chi connectivity index (χ2n) is 7.25. The molecule has 0 spiro atoms. The van der Waals surface area contributed by atoms with Gasteiger partial charge < -0.3 is 10.2 Å². The highest BCUT2D eigenvalue weighted by atomic mass is 35.5. The van der Waals surface area contributed by atoms with Gasteiger partial charge in [-0.3, -0.25) is 9.89 Å². The molecule has 2 aliphatic rings. The van der Waals surface area contributed by atoms with Crippen LogP contribution in [0, 0.1) is 5.82 Å². The Bertz CT molecular complexity index is 891. The molecule has 5 nitrogen and oxygen atoms in total. The van der Waals surface area contributed by atoms with Crippen LogP contribution in [0.15, 0.2) is 18.2 Å². The molecule has 0 atom stereocenters. The second-order valence-corrected chi connectivity index (χ2v) is 7.25. The normalized spacial score (nSPS) is 17.6. The number of hydrogen-bond acceptors (Lipinski definition) is 3. The van der Waals surface area contributed by atoms with E-state index in [1.807, 2.05) is 0 Å². The first kappa shape index (κ1) is 21.6. The van der Waals surface area contributed by atoms with Gasteiger partial charge in [0.25, 0.3) is 5.91 Å². The number of H-pyrrole nitrogens is 1. The number of likely N-dealkylation sites (tertiary alicyclic amines) is 1. The number of aromatic nitrogens is 2. The highest BCUT2D eigenvalue weighted by Gasteiger charge is 2.37. The van der Waals surface area contributed by atoms with E-state index in [9.17, 15) is 22.4 Å². The minimum Gasteiger partial charge on any atom is -0.337 e. The summed E-state index contributed by atoms with van der Waals surface area (Å²) in [6.07, 6.45) is -3.11. The van der Waals surface area contributed by atoms with Crippen molar-refractivity contribution in [3.8, 4) is 0 Å². The molecule has 4 rings (SSSR count). The molecule has 2 aromatic rings. The number of nitrogens with one attached hydrogen (secondary N) is 2. The zero-order valence-corrected chi connectivity index (χ0v) is 16.3. The van der Waals surface area contributed by atoms with E-state index in [1.165, 1.54) is 0 Å². The maximum atomic E-state index is 13.6. The Labute approximate surface area is 171 Å². The molecule has 3 heterocycles. The summed E-state index contributed by atoms with van der Waals surface area (Å²) < 4.78 is 53.4. The summed E-state index contributed by atoms with van der Waals surface area (Å²) in [7, 11) is 0. The fourth-order valence-electron chi connectivity index (χ4n) is 4.09. The third-order valence-corrected chi connectivity index (χ3v) is 5.55. The smallest absolute Gasteiger partial charge is 0.337 e. The topological polar surface area (TPSA) is 61.0 Å². The molecule has 0 bridgehead atoms. The number of alkyl halides is 3. The maximum Gasteiger partial charge on any atom is 0.416 e. The van der Waals surface area contributed by atoms with E-state index in [-0.39, 0.29) is 23.9 Å². The molecule has 10 heteroatoms. The quantitative estimate of drug-likeness (QED) is 0.712. The van der Waals surface area contributed by atoms with Gasteiger partial charge in [-0.15, -0.1) is 12.4 Å². The molecule has 1 fully saturated rings. The summed E-state index contributed by atoms with van der Waals surface area (Å²) >= 11 is 0. The van der Waals surface area contributed by atoms with Crippen molar-refractivity contribution in [3.05, 3.63) is 52.1 Å². The number of rotatable bonds is 2. The van der Waals surface area contributed by atoms with Crippen molar-refractivity contribution >= 4 is 18.3 Å². The first-order valence-electron chi connectivity index (χ1n) is 9.27. The van der Waals surface area contributed by atoms with Crippen LogP contribution in [-0.2, 0) is 19.1 Å². The van der Waals surface area contributed by atoms with Crippen molar-refractivity contribution in [2.45, 2.75) is 37.9 Å². The standard InChI is InChI=1S/C19H20F4N4O.ClH/c20-12-1-2-15(19(21,22)23)14(9-12)11-4-7-27(8-5-11)18(28)17-13-3-6-24-10-16(13)25-26-17;/h1-2,9,11,24H,3-8,10H2,(H,25,26);1H. The van der Waals surface area contributed by atoms with Crippen molar-refractivity contribution in [2.75, 3.05) is 19.6 Å². The lowest BCUT2D eigenvalue weighted by Gasteiger charge is -2.33. The predicted octanol–water partition coefficient (Wildman–Crippen LogP) is 3.65. The number of carbonyl (C=O) groups excluding carboxylic acids is 1. The number of aromatic amines is 1. The molecule has 158 valence electrons. The minimum absolute atomic E-state index is 0. The maximum absolute atomic E-state index is 13.6. The van der Waals surface area contributed by atoms with Crippen molar-refractivity contribution < 1.29 is 22.4 Å². The molecule has 29 heavy (non-hydrogen) atoms. The van der Waals surface area contributed by atoms with Gasteiger partial charge in [0.1, 0.15) is 5.82 Å². The Morgan fingerprint density at radius 2 is 1.93 bits per heavy atom. The Hall–Kier alpha value is -2.13. The Morgan fingerprint density at radius 3 is 2.62 bits per heavy atom. The number of fused-ring (bicyclic) bond motifs is 1. The minimum atomic E-state index is -4.53. The molecule has 0 saturated carbocycles. The van der Waals surface area contributed by atoms with Gasteiger partial charge in [0.2, 0.25) is 0 Å². The molecular weight excluding hydrogens is 412 g/mol. The second kappa shape index (κ2) is 8.31. The van der Waals surface area contributed by atoms with Crippen molar-refractivity contribution in [3.63, 3.8) is 0 Å². The van der Waals surface area contributed by atoms with Gasteiger partial charge in [-0.25, -0.2) is 4.39 Å². The lowest BCUT2D eigenvalue weighted by atomic mass is 9.86. The molecule has 1 aromatic heterocycles. The largest absolute Gasteiger partial charge is 0.416 e. The van der Waals surface area contributed by atoms with Crippen LogP contribution in [0.4, 0.5) is 17.6 Å². The van der Waals surface area contributed by atoms with Crippen LogP contribution in [0.5, 0.6) is 0 Å². The van der Waals surface area contributed by atoms with Crippen LogP contribution >= 0.6 is 12.4 Å². The predicted molar refractivity (Wildman–Crippen MR) is 101 cm³/mol. The van der Waals surface area contributed by atoms with E-state index < -0.39 is 23.5 Å². The SMILES string of the molecule is Cl.O=C(c1n[nH]c2c1CCNC2)N1CCC(c2cc(F)ccc2C(F)(F)F)CC1. The van der Waals surface area contributed by atoms with Crippen LogP contribution in [0.3, 0.4) is 0 Å². The van der Waals surface area contributed by atoms with E-state index in [0.29, 0.717) is 44.6 Å². The van der Waals surface area contributed by atoms with Crippen LogP contribution in [0.1, 0.15) is 51.6 Å². The molecule has 2 N–H and O–H groups in total. The van der Waals surface area contributed by atoms with E-state index in [4.69, 9.17) is 0 Å². The van der Waals surface area contributed by atoms with E-state index >= 15 is 0 Å². The average Bonchev–Trinajstić information content (AvgIpc) is 3.10. The zero-order chi connectivity index (χ0) is 19.9. The van der Waals surface area contributed by atoms with Gasteiger partial charge in [0.05, 0.1) is 11.3 Å². The molecule has 1 aromatic carbocycles. The molecule has 0 unspecified atom stereocenters. The summed E-state index contributed by atoms with van der Waals surface area (Å²) in [6.45, 7) is 2.04. The van der Waals surface area contributed by atoms with Crippen molar-refractivity contribution in [2.24, 2.45) is 0 Å². The molecule has 0 aliphatic carbocycles. The molecule has 0 radical (unpaired) electrons. The number of hydrogen-bond donors (Lipinski definition) is 2. The number of nitrogens with zero attached hydrogens (tertiary/aromatic N) is 2.